The Labute approximate surface area is 117 Å². The van der Waals surface area contributed by atoms with Crippen molar-refractivity contribution < 1.29 is 4.79 Å². The van der Waals surface area contributed by atoms with E-state index in [1.165, 1.54) is 17.0 Å². The van der Waals surface area contributed by atoms with Crippen molar-refractivity contribution in [3.63, 3.8) is 0 Å². The van der Waals surface area contributed by atoms with Crippen LogP contribution in [0.15, 0.2) is 0 Å². The molecule has 1 aliphatic heterocycles. The second-order valence-corrected chi connectivity index (χ2v) is 6.23. The van der Waals surface area contributed by atoms with Crippen LogP contribution in [0.3, 0.4) is 0 Å². The van der Waals surface area contributed by atoms with Crippen molar-refractivity contribution in [3.8, 4) is 0 Å². The molecule has 0 saturated carbocycles. The first-order chi connectivity index (χ1) is 9.28. The molecule has 1 amide bonds. The van der Waals surface area contributed by atoms with E-state index in [0.29, 0.717) is 12.6 Å². The molecule has 6 heteroatoms. The fourth-order valence-electron chi connectivity index (χ4n) is 2.79. The van der Waals surface area contributed by atoms with Crippen LogP contribution < -0.4 is 15.5 Å². The van der Waals surface area contributed by atoms with Crippen LogP contribution in [0, 0.1) is 0 Å². The highest BCUT2D eigenvalue weighted by molar-refractivity contribution is 7.15. The van der Waals surface area contributed by atoms with E-state index in [-0.39, 0.29) is 5.91 Å². The summed E-state index contributed by atoms with van der Waals surface area (Å²) in [4.78, 5) is 20.0. The summed E-state index contributed by atoms with van der Waals surface area (Å²) in [7, 11) is 2.00. The molecule has 104 valence electrons. The summed E-state index contributed by atoms with van der Waals surface area (Å²) >= 11 is 1.77. The van der Waals surface area contributed by atoms with Gasteiger partial charge in [-0.15, -0.1) is 11.3 Å². The van der Waals surface area contributed by atoms with Crippen LogP contribution in [-0.2, 0) is 11.2 Å². The Kier molecular flexibility index (Phi) is 3.70. The molecule has 2 N–H and O–H groups in total. The quantitative estimate of drug-likeness (QED) is 0.851. The van der Waals surface area contributed by atoms with Crippen LogP contribution >= 0.6 is 11.3 Å². The van der Waals surface area contributed by atoms with Crippen molar-refractivity contribution in [2.75, 3.05) is 31.6 Å². The molecule has 5 nitrogen and oxygen atoms in total. The Morgan fingerprint density at radius 1 is 1.47 bits per heavy atom. The lowest BCUT2D eigenvalue weighted by atomic mass is 9.98. The maximum atomic E-state index is 11.6. The summed E-state index contributed by atoms with van der Waals surface area (Å²) in [6.07, 6.45) is 4.50. The smallest absolute Gasteiger partial charge is 0.239 e. The van der Waals surface area contributed by atoms with Crippen LogP contribution in [0.25, 0.3) is 0 Å². The zero-order valence-corrected chi connectivity index (χ0v) is 12.1. The Hall–Kier alpha value is -1.14. The predicted molar refractivity (Wildman–Crippen MR) is 76.7 cm³/mol. The molecule has 1 aliphatic carbocycles. The zero-order chi connectivity index (χ0) is 13.2. The van der Waals surface area contributed by atoms with Gasteiger partial charge in [0.15, 0.2) is 5.13 Å². The third kappa shape index (κ3) is 2.60. The SMILES string of the molecule is CNC1CCCc2sc(N3CCCNC(=O)C3)nc21. The maximum Gasteiger partial charge on any atom is 0.239 e. The van der Waals surface area contributed by atoms with E-state index in [0.717, 1.165) is 37.5 Å². The number of carbonyl (C=O) groups is 1. The molecule has 0 radical (unpaired) electrons. The van der Waals surface area contributed by atoms with Gasteiger partial charge in [0.05, 0.1) is 18.3 Å². The van der Waals surface area contributed by atoms with Crippen LogP contribution in [0.2, 0.25) is 0 Å². The molecule has 1 aromatic heterocycles. The third-order valence-corrected chi connectivity index (χ3v) is 5.02. The van der Waals surface area contributed by atoms with Crippen molar-refractivity contribution in [2.24, 2.45) is 0 Å². The number of anilines is 1. The molecule has 2 aliphatic rings. The van der Waals surface area contributed by atoms with Gasteiger partial charge in [-0.3, -0.25) is 4.79 Å². The van der Waals surface area contributed by atoms with Crippen molar-refractivity contribution in [3.05, 3.63) is 10.6 Å². The number of thiazole rings is 1. The highest BCUT2D eigenvalue weighted by Crippen LogP contribution is 2.36. The summed E-state index contributed by atoms with van der Waals surface area (Å²) in [5, 5.41) is 7.27. The van der Waals surface area contributed by atoms with Crippen molar-refractivity contribution in [2.45, 2.75) is 31.7 Å². The first kappa shape index (κ1) is 12.9. The van der Waals surface area contributed by atoms with Crippen LogP contribution in [-0.4, -0.2) is 37.6 Å². The molecule has 1 unspecified atom stereocenters. The van der Waals surface area contributed by atoms with Gasteiger partial charge < -0.3 is 15.5 Å². The van der Waals surface area contributed by atoms with E-state index in [1.807, 2.05) is 7.05 Å². The number of rotatable bonds is 2. The summed E-state index contributed by atoms with van der Waals surface area (Å²) in [5.74, 6) is 0.107. The van der Waals surface area contributed by atoms with E-state index in [4.69, 9.17) is 4.98 Å². The number of aryl methyl sites for hydroxylation is 1. The normalized spacial score (nSPS) is 23.7. The lowest BCUT2D eigenvalue weighted by molar-refractivity contribution is -0.119. The number of hydrogen-bond donors (Lipinski definition) is 2. The Balaban J connectivity index is 1.85. The Bertz CT molecular complexity index is 473. The zero-order valence-electron chi connectivity index (χ0n) is 11.2. The number of fused-ring (bicyclic) bond motifs is 1. The van der Waals surface area contributed by atoms with Gasteiger partial charge in [-0.05, 0) is 32.7 Å². The van der Waals surface area contributed by atoms with Crippen LogP contribution in [0.5, 0.6) is 0 Å². The number of aromatic nitrogens is 1. The Morgan fingerprint density at radius 3 is 3.21 bits per heavy atom. The first-order valence-corrected chi connectivity index (χ1v) is 7.78. The van der Waals surface area contributed by atoms with Gasteiger partial charge in [0, 0.05) is 18.0 Å². The van der Waals surface area contributed by atoms with Gasteiger partial charge in [-0.25, -0.2) is 4.98 Å². The van der Waals surface area contributed by atoms with Crippen LogP contribution in [0.4, 0.5) is 5.13 Å². The lowest BCUT2D eigenvalue weighted by Crippen LogP contribution is -2.33. The highest BCUT2D eigenvalue weighted by Gasteiger charge is 2.26. The number of hydrogen-bond acceptors (Lipinski definition) is 5. The van der Waals surface area contributed by atoms with Gasteiger partial charge in [0.2, 0.25) is 5.91 Å². The average molecular weight is 280 g/mol. The standard InChI is InChI=1S/C13H20N4OS/c1-14-9-4-2-5-10-12(9)16-13(19-10)17-7-3-6-15-11(18)8-17/h9,14H,2-8H2,1H3,(H,15,18). The molecule has 0 aromatic carbocycles. The fraction of sp³-hybridized carbons (Fsp3) is 0.692. The van der Waals surface area contributed by atoms with Gasteiger partial charge in [0.25, 0.3) is 0 Å². The number of nitrogens with zero attached hydrogens (tertiary/aromatic N) is 2. The van der Waals surface area contributed by atoms with E-state index >= 15 is 0 Å². The number of nitrogens with one attached hydrogen (secondary N) is 2. The molecule has 1 saturated heterocycles. The molecular weight excluding hydrogens is 260 g/mol. The molecular formula is C13H20N4OS. The minimum absolute atomic E-state index is 0.107. The van der Waals surface area contributed by atoms with Crippen molar-refractivity contribution >= 4 is 22.4 Å². The summed E-state index contributed by atoms with van der Waals surface area (Å²) in [6.45, 7) is 2.13. The molecule has 0 bridgehead atoms. The summed E-state index contributed by atoms with van der Waals surface area (Å²) in [5.41, 5.74) is 1.21. The van der Waals surface area contributed by atoms with Gasteiger partial charge in [-0.1, -0.05) is 0 Å². The average Bonchev–Trinajstić information content (AvgIpc) is 2.74. The topological polar surface area (TPSA) is 57.3 Å². The van der Waals surface area contributed by atoms with Crippen LogP contribution in [0.1, 0.15) is 35.9 Å². The molecule has 2 heterocycles. The van der Waals surface area contributed by atoms with Gasteiger partial charge in [-0.2, -0.15) is 0 Å². The second kappa shape index (κ2) is 5.46. The largest absolute Gasteiger partial charge is 0.354 e. The molecule has 0 spiro atoms. The highest BCUT2D eigenvalue weighted by atomic mass is 32.1. The monoisotopic (exact) mass is 280 g/mol. The summed E-state index contributed by atoms with van der Waals surface area (Å²) in [6, 6.07) is 0.384. The minimum Gasteiger partial charge on any atom is -0.354 e. The van der Waals surface area contributed by atoms with Crippen molar-refractivity contribution in [1.29, 1.82) is 0 Å². The molecule has 1 atom stereocenters. The van der Waals surface area contributed by atoms with Gasteiger partial charge >= 0.3 is 0 Å². The minimum atomic E-state index is 0.107. The van der Waals surface area contributed by atoms with Crippen molar-refractivity contribution in [1.82, 2.24) is 15.6 Å². The molecule has 1 aromatic rings. The number of amides is 1. The first-order valence-electron chi connectivity index (χ1n) is 6.96. The lowest BCUT2D eigenvalue weighted by Gasteiger charge is -2.20. The predicted octanol–water partition coefficient (Wildman–Crippen LogP) is 1.07. The number of carbonyl (C=O) groups excluding carboxylic acids is 1. The van der Waals surface area contributed by atoms with Gasteiger partial charge in [0.1, 0.15) is 0 Å². The fourth-order valence-corrected chi connectivity index (χ4v) is 3.98. The van der Waals surface area contributed by atoms with E-state index in [9.17, 15) is 4.79 Å². The molecule has 1 fully saturated rings. The molecule has 3 rings (SSSR count). The Morgan fingerprint density at radius 2 is 2.37 bits per heavy atom. The molecule has 19 heavy (non-hydrogen) atoms. The van der Waals surface area contributed by atoms with E-state index in [1.54, 1.807) is 11.3 Å². The summed E-state index contributed by atoms with van der Waals surface area (Å²) < 4.78 is 0. The maximum absolute atomic E-state index is 11.6. The van der Waals surface area contributed by atoms with E-state index < -0.39 is 0 Å². The second-order valence-electron chi connectivity index (χ2n) is 5.16. The van der Waals surface area contributed by atoms with E-state index in [2.05, 4.69) is 15.5 Å². The third-order valence-electron chi connectivity index (χ3n) is 3.82.